The van der Waals surface area contributed by atoms with E-state index >= 15 is 0 Å². The molecule has 0 unspecified atom stereocenters. The van der Waals surface area contributed by atoms with Gasteiger partial charge in [0.15, 0.2) is 5.78 Å². The van der Waals surface area contributed by atoms with E-state index in [1.807, 2.05) is 31.3 Å². The van der Waals surface area contributed by atoms with Crippen molar-refractivity contribution in [1.82, 2.24) is 4.90 Å². The first-order chi connectivity index (χ1) is 7.74. The predicted octanol–water partition coefficient (Wildman–Crippen LogP) is 1.77. The number of carbonyl (C=O) groups excluding carboxylic acids is 1. The van der Waals surface area contributed by atoms with Crippen LogP contribution in [0.25, 0.3) is 0 Å². The highest BCUT2D eigenvalue weighted by molar-refractivity contribution is 6.03. The maximum Gasteiger partial charge on any atom is 0.180 e. The lowest BCUT2D eigenvalue weighted by atomic mass is 9.91. The number of benzene rings is 1. The summed E-state index contributed by atoms with van der Waals surface area (Å²) in [6, 6.07) is 10.0. The molecule has 0 spiro atoms. The Morgan fingerprint density at radius 1 is 1.44 bits per heavy atom. The van der Waals surface area contributed by atoms with Crippen LogP contribution in [0.4, 0.5) is 0 Å². The molecule has 0 radical (unpaired) electrons. The van der Waals surface area contributed by atoms with Crippen LogP contribution in [-0.4, -0.2) is 23.8 Å². The molecule has 2 bridgehead atoms. The van der Waals surface area contributed by atoms with Crippen LogP contribution in [0.15, 0.2) is 24.3 Å². The van der Waals surface area contributed by atoms with Crippen LogP contribution in [0.1, 0.15) is 28.4 Å². The Kier molecular flexibility index (Phi) is 1.89. The SMILES string of the molecule is CN1[C@@H]2C[C@@H](C#N)[C@H]1c1ccccc1C2=O. The first-order valence-corrected chi connectivity index (χ1v) is 5.48. The summed E-state index contributed by atoms with van der Waals surface area (Å²) >= 11 is 0. The molecule has 3 nitrogen and oxygen atoms in total. The van der Waals surface area contributed by atoms with E-state index in [0.717, 1.165) is 11.1 Å². The fourth-order valence-corrected chi connectivity index (χ4v) is 3.02. The Morgan fingerprint density at radius 3 is 2.94 bits per heavy atom. The highest BCUT2D eigenvalue weighted by Crippen LogP contribution is 2.45. The van der Waals surface area contributed by atoms with Crippen LogP contribution < -0.4 is 0 Å². The second-order valence-corrected chi connectivity index (χ2v) is 4.55. The monoisotopic (exact) mass is 212 g/mol. The molecule has 2 aliphatic rings. The number of fused-ring (bicyclic) bond motifs is 4. The topological polar surface area (TPSA) is 44.1 Å². The average Bonchev–Trinajstić information content (AvgIpc) is 2.58. The van der Waals surface area contributed by atoms with Crippen molar-refractivity contribution in [2.24, 2.45) is 5.92 Å². The highest BCUT2D eigenvalue weighted by Gasteiger charge is 2.48. The summed E-state index contributed by atoms with van der Waals surface area (Å²) in [6.45, 7) is 0. The van der Waals surface area contributed by atoms with Crippen molar-refractivity contribution in [2.45, 2.75) is 18.5 Å². The van der Waals surface area contributed by atoms with Crippen LogP contribution in [-0.2, 0) is 0 Å². The summed E-state index contributed by atoms with van der Waals surface area (Å²) < 4.78 is 0. The van der Waals surface area contributed by atoms with Crippen molar-refractivity contribution >= 4 is 5.78 Å². The molecule has 1 fully saturated rings. The lowest BCUT2D eigenvalue weighted by Crippen LogP contribution is -2.39. The van der Waals surface area contributed by atoms with Crippen LogP contribution in [0.2, 0.25) is 0 Å². The molecule has 2 aliphatic heterocycles. The summed E-state index contributed by atoms with van der Waals surface area (Å²) in [7, 11) is 1.94. The summed E-state index contributed by atoms with van der Waals surface area (Å²) in [4.78, 5) is 14.2. The van der Waals surface area contributed by atoms with E-state index in [4.69, 9.17) is 5.26 Å². The van der Waals surface area contributed by atoms with Gasteiger partial charge >= 0.3 is 0 Å². The quantitative estimate of drug-likeness (QED) is 0.658. The molecule has 1 saturated heterocycles. The average molecular weight is 212 g/mol. The normalized spacial score (nSPS) is 32.2. The van der Waals surface area contributed by atoms with Crippen LogP contribution in [0.3, 0.4) is 0 Å². The molecule has 0 N–H and O–H groups in total. The lowest BCUT2D eigenvalue weighted by molar-refractivity contribution is 0.0835. The Balaban J connectivity index is 2.21. The van der Waals surface area contributed by atoms with Crippen molar-refractivity contribution in [3.8, 4) is 6.07 Å². The Hall–Kier alpha value is -1.66. The Labute approximate surface area is 94.3 Å². The van der Waals surface area contributed by atoms with Gasteiger partial charge in [-0.15, -0.1) is 0 Å². The van der Waals surface area contributed by atoms with Gasteiger partial charge in [0.05, 0.1) is 24.1 Å². The maximum absolute atomic E-state index is 12.2. The zero-order valence-electron chi connectivity index (χ0n) is 9.05. The van der Waals surface area contributed by atoms with Crippen molar-refractivity contribution in [3.63, 3.8) is 0 Å². The van der Waals surface area contributed by atoms with Crippen molar-refractivity contribution in [3.05, 3.63) is 35.4 Å². The lowest BCUT2D eigenvalue weighted by Gasteiger charge is -2.32. The Bertz CT molecular complexity index is 503. The largest absolute Gasteiger partial charge is 0.292 e. The molecule has 0 aromatic heterocycles. The predicted molar refractivity (Wildman–Crippen MR) is 58.8 cm³/mol. The zero-order valence-corrected chi connectivity index (χ0v) is 9.05. The molecule has 3 rings (SSSR count). The molecule has 1 aromatic carbocycles. The minimum atomic E-state index is -0.0930. The molecule has 2 heterocycles. The minimum Gasteiger partial charge on any atom is -0.292 e. The van der Waals surface area contributed by atoms with E-state index in [-0.39, 0.29) is 23.8 Å². The molecule has 3 atom stereocenters. The van der Waals surface area contributed by atoms with Gasteiger partial charge in [-0.2, -0.15) is 5.26 Å². The molecule has 16 heavy (non-hydrogen) atoms. The minimum absolute atomic E-state index is 0.0531. The fraction of sp³-hybridized carbons (Fsp3) is 0.385. The molecule has 0 aliphatic carbocycles. The third-order valence-corrected chi connectivity index (χ3v) is 3.80. The van der Waals surface area contributed by atoms with Gasteiger partial charge in [0.25, 0.3) is 0 Å². The van der Waals surface area contributed by atoms with E-state index in [9.17, 15) is 4.79 Å². The summed E-state index contributed by atoms with van der Waals surface area (Å²) in [5.74, 6) is 0.120. The van der Waals surface area contributed by atoms with Gasteiger partial charge in [0.1, 0.15) is 0 Å². The third-order valence-electron chi connectivity index (χ3n) is 3.80. The maximum atomic E-state index is 12.2. The number of hydrogen-bond acceptors (Lipinski definition) is 3. The number of carbonyl (C=O) groups is 1. The number of likely N-dealkylation sites (N-methyl/N-ethyl adjacent to an activating group) is 1. The number of hydrogen-bond donors (Lipinski definition) is 0. The van der Waals surface area contributed by atoms with Gasteiger partial charge in [-0.3, -0.25) is 9.69 Å². The summed E-state index contributed by atoms with van der Waals surface area (Å²) in [5, 5.41) is 9.15. The number of nitrogens with zero attached hydrogens (tertiary/aromatic N) is 2. The fourth-order valence-electron chi connectivity index (χ4n) is 3.02. The van der Waals surface area contributed by atoms with Gasteiger partial charge in [-0.25, -0.2) is 0 Å². The number of ketones is 1. The standard InChI is InChI=1S/C13H12N2O/c1-15-11-6-8(7-14)12(15)9-4-2-3-5-10(9)13(11)16/h2-5,8,11-12H,6H2,1H3/t8-,11+,12-/m0/s1. The van der Waals surface area contributed by atoms with Crippen LogP contribution >= 0.6 is 0 Å². The molecule has 3 heteroatoms. The van der Waals surface area contributed by atoms with Gasteiger partial charge in [-0.05, 0) is 19.0 Å². The summed E-state index contributed by atoms with van der Waals surface area (Å²) in [5.41, 5.74) is 1.84. The second-order valence-electron chi connectivity index (χ2n) is 4.55. The molecular weight excluding hydrogens is 200 g/mol. The van der Waals surface area contributed by atoms with E-state index in [1.54, 1.807) is 0 Å². The molecule has 0 saturated carbocycles. The number of rotatable bonds is 0. The second kappa shape index (κ2) is 3.16. The van der Waals surface area contributed by atoms with Crippen molar-refractivity contribution < 1.29 is 4.79 Å². The van der Waals surface area contributed by atoms with E-state index in [0.29, 0.717) is 6.42 Å². The van der Waals surface area contributed by atoms with Crippen molar-refractivity contribution in [2.75, 3.05) is 7.05 Å². The first kappa shape index (κ1) is 9.56. The number of Topliss-reactive ketones (excluding diaryl/α,β-unsaturated/α-hetero) is 1. The van der Waals surface area contributed by atoms with Crippen LogP contribution in [0, 0.1) is 17.2 Å². The molecule has 80 valence electrons. The van der Waals surface area contributed by atoms with Gasteiger partial charge in [0, 0.05) is 5.56 Å². The van der Waals surface area contributed by atoms with Crippen molar-refractivity contribution in [1.29, 1.82) is 5.26 Å². The van der Waals surface area contributed by atoms with Gasteiger partial charge in [-0.1, -0.05) is 24.3 Å². The third kappa shape index (κ3) is 1.03. The zero-order chi connectivity index (χ0) is 11.3. The van der Waals surface area contributed by atoms with E-state index < -0.39 is 0 Å². The van der Waals surface area contributed by atoms with Crippen LogP contribution in [0.5, 0.6) is 0 Å². The molecular formula is C13H12N2O. The van der Waals surface area contributed by atoms with E-state index in [1.165, 1.54) is 0 Å². The smallest absolute Gasteiger partial charge is 0.180 e. The van der Waals surface area contributed by atoms with E-state index in [2.05, 4.69) is 11.0 Å². The number of nitriles is 1. The molecule has 1 aromatic rings. The first-order valence-electron chi connectivity index (χ1n) is 5.48. The van der Waals surface area contributed by atoms with Gasteiger partial charge in [0.2, 0.25) is 0 Å². The summed E-state index contributed by atoms with van der Waals surface area (Å²) in [6.07, 6.45) is 0.672. The Morgan fingerprint density at radius 2 is 2.19 bits per heavy atom. The molecule has 0 amide bonds. The van der Waals surface area contributed by atoms with Gasteiger partial charge < -0.3 is 0 Å². The highest BCUT2D eigenvalue weighted by atomic mass is 16.1.